The first kappa shape index (κ1) is 14.1. The summed E-state index contributed by atoms with van der Waals surface area (Å²) in [5, 5.41) is 17.7. The van der Waals surface area contributed by atoms with E-state index in [4.69, 9.17) is 14.4 Å². The van der Waals surface area contributed by atoms with Gasteiger partial charge in [0.15, 0.2) is 5.75 Å². The van der Waals surface area contributed by atoms with Crippen molar-refractivity contribution in [3.63, 3.8) is 0 Å². The number of carboxylic acid groups (broad SMARTS) is 1. The van der Waals surface area contributed by atoms with Crippen LogP contribution in [0.2, 0.25) is 0 Å². The molecule has 3 rings (SSSR count). The molecule has 3 heterocycles. The van der Waals surface area contributed by atoms with Gasteiger partial charge in [-0.25, -0.2) is 9.78 Å². The largest absolute Gasteiger partial charge is 0.511 e. The normalized spacial score (nSPS) is 11.1. The van der Waals surface area contributed by atoms with Crippen molar-refractivity contribution in [1.82, 2.24) is 19.9 Å². The van der Waals surface area contributed by atoms with Gasteiger partial charge in [0, 0.05) is 30.1 Å². The number of nitrogens with zero attached hydrogens (tertiary/aromatic N) is 4. The summed E-state index contributed by atoms with van der Waals surface area (Å²) in [5.74, 6) is 0.147. The molecule has 0 aliphatic carbocycles. The van der Waals surface area contributed by atoms with Crippen molar-refractivity contribution < 1.29 is 19.2 Å². The average Bonchev–Trinajstić information content (AvgIpc) is 2.91. The highest BCUT2D eigenvalue weighted by atomic mass is 16.7. The van der Waals surface area contributed by atoms with Crippen LogP contribution in [0, 0.1) is 20.8 Å². The molecule has 0 aliphatic heterocycles. The Labute approximate surface area is 125 Å². The van der Waals surface area contributed by atoms with Crippen LogP contribution < -0.4 is 4.74 Å². The summed E-state index contributed by atoms with van der Waals surface area (Å²) in [6.45, 7) is 5.47. The first-order valence-electron chi connectivity index (χ1n) is 6.57. The van der Waals surface area contributed by atoms with Crippen molar-refractivity contribution in [1.29, 1.82) is 0 Å². The predicted molar refractivity (Wildman–Crippen MR) is 76.9 cm³/mol. The van der Waals surface area contributed by atoms with E-state index in [1.54, 1.807) is 11.6 Å². The number of pyridine rings is 1. The fourth-order valence-electron chi connectivity index (χ4n) is 2.50. The lowest BCUT2D eigenvalue weighted by Crippen LogP contribution is -2.04. The van der Waals surface area contributed by atoms with Gasteiger partial charge in [-0.05, 0) is 20.8 Å². The molecule has 0 saturated carbocycles. The maximum absolute atomic E-state index is 10.9. The van der Waals surface area contributed by atoms with E-state index < -0.39 is 6.16 Å². The number of aromatic nitrogens is 4. The molecular formula is C14H14N4O4. The SMILES string of the molecule is Cc1cc(OC(=O)O)c2c(-c3c(C)nn(C)c3C)noc2n1. The summed E-state index contributed by atoms with van der Waals surface area (Å²) in [6, 6.07) is 1.54. The molecular weight excluding hydrogens is 288 g/mol. The Bertz CT molecular complexity index is 894. The summed E-state index contributed by atoms with van der Waals surface area (Å²) >= 11 is 0. The molecule has 0 spiro atoms. The molecule has 0 fully saturated rings. The Hall–Kier alpha value is -2.90. The van der Waals surface area contributed by atoms with Gasteiger partial charge >= 0.3 is 6.16 Å². The summed E-state index contributed by atoms with van der Waals surface area (Å²) in [6.07, 6.45) is -1.40. The number of rotatable bonds is 2. The van der Waals surface area contributed by atoms with Gasteiger partial charge < -0.3 is 14.4 Å². The molecule has 8 heteroatoms. The zero-order valence-corrected chi connectivity index (χ0v) is 12.5. The van der Waals surface area contributed by atoms with Gasteiger partial charge in [0.05, 0.1) is 5.69 Å². The van der Waals surface area contributed by atoms with E-state index in [2.05, 4.69) is 15.2 Å². The van der Waals surface area contributed by atoms with E-state index in [0.717, 1.165) is 17.0 Å². The third-order valence-electron chi connectivity index (χ3n) is 3.48. The minimum atomic E-state index is -1.40. The Balaban J connectivity index is 2.33. The van der Waals surface area contributed by atoms with Crippen molar-refractivity contribution in [2.24, 2.45) is 7.05 Å². The van der Waals surface area contributed by atoms with Crippen LogP contribution in [0.25, 0.3) is 22.4 Å². The number of aryl methyl sites for hydroxylation is 3. The van der Waals surface area contributed by atoms with Crippen molar-refractivity contribution in [3.8, 4) is 17.0 Å². The van der Waals surface area contributed by atoms with Gasteiger partial charge in [-0.3, -0.25) is 4.68 Å². The fraction of sp³-hybridized carbons (Fsp3) is 0.286. The quantitative estimate of drug-likeness (QED) is 0.725. The van der Waals surface area contributed by atoms with Crippen LogP contribution in [-0.2, 0) is 7.05 Å². The molecule has 3 aromatic rings. The molecule has 0 aromatic carbocycles. The molecule has 0 saturated heterocycles. The third kappa shape index (κ3) is 2.09. The molecule has 0 aliphatic rings. The summed E-state index contributed by atoms with van der Waals surface area (Å²) in [5.41, 5.74) is 3.70. The molecule has 0 amide bonds. The van der Waals surface area contributed by atoms with Crippen LogP contribution in [-0.4, -0.2) is 31.2 Å². The molecule has 0 radical (unpaired) electrons. The van der Waals surface area contributed by atoms with E-state index in [9.17, 15) is 4.79 Å². The maximum Gasteiger partial charge on any atom is 0.511 e. The van der Waals surface area contributed by atoms with Crippen LogP contribution in [0.1, 0.15) is 17.1 Å². The van der Waals surface area contributed by atoms with Gasteiger partial charge in [-0.15, -0.1) is 0 Å². The lowest BCUT2D eigenvalue weighted by Gasteiger charge is -2.04. The number of hydrogen-bond acceptors (Lipinski definition) is 6. The second-order valence-corrected chi connectivity index (χ2v) is 5.01. The third-order valence-corrected chi connectivity index (χ3v) is 3.48. The van der Waals surface area contributed by atoms with Crippen LogP contribution in [0.15, 0.2) is 10.6 Å². The van der Waals surface area contributed by atoms with Crippen LogP contribution in [0.3, 0.4) is 0 Å². The van der Waals surface area contributed by atoms with E-state index >= 15 is 0 Å². The molecule has 0 unspecified atom stereocenters. The van der Waals surface area contributed by atoms with Crippen LogP contribution >= 0.6 is 0 Å². The summed E-state index contributed by atoms with van der Waals surface area (Å²) in [4.78, 5) is 15.1. The van der Waals surface area contributed by atoms with Crippen molar-refractivity contribution in [3.05, 3.63) is 23.1 Å². The predicted octanol–water partition coefficient (Wildman–Crippen LogP) is 2.61. The second kappa shape index (κ2) is 4.83. The molecule has 22 heavy (non-hydrogen) atoms. The molecule has 1 N–H and O–H groups in total. The Morgan fingerprint density at radius 3 is 2.68 bits per heavy atom. The van der Waals surface area contributed by atoms with E-state index in [-0.39, 0.29) is 11.5 Å². The maximum atomic E-state index is 10.9. The van der Waals surface area contributed by atoms with Crippen molar-refractivity contribution in [2.75, 3.05) is 0 Å². The van der Waals surface area contributed by atoms with E-state index in [1.807, 2.05) is 20.9 Å². The van der Waals surface area contributed by atoms with Crippen LogP contribution in [0.5, 0.6) is 5.75 Å². The summed E-state index contributed by atoms with van der Waals surface area (Å²) in [7, 11) is 1.82. The first-order valence-corrected chi connectivity index (χ1v) is 6.57. The molecule has 0 atom stereocenters. The van der Waals surface area contributed by atoms with Crippen LogP contribution in [0.4, 0.5) is 4.79 Å². The Morgan fingerprint density at radius 2 is 2.09 bits per heavy atom. The fourth-order valence-corrected chi connectivity index (χ4v) is 2.50. The highest BCUT2D eigenvalue weighted by Gasteiger charge is 2.23. The summed E-state index contributed by atoms with van der Waals surface area (Å²) < 4.78 is 11.8. The molecule has 114 valence electrons. The zero-order valence-electron chi connectivity index (χ0n) is 12.5. The number of carbonyl (C=O) groups is 1. The number of hydrogen-bond donors (Lipinski definition) is 1. The van der Waals surface area contributed by atoms with E-state index in [0.29, 0.717) is 16.8 Å². The molecule has 3 aromatic heterocycles. The smallest absolute Gasteiger partial charge is 0.449 e. The number of fused-ring (bicyclic) bond motifs is 1. The molecule has 8 nitrogen and oxygen atoms in total. The minimum absolute atomic E-state index is 0.147. The van der Waals surface area contributed by atoms with Crippen molar-refractivity contribution in [2.45, 2.75) is 20.8 Å². The minimum Gasteiger partial charge on any atom is -0.449 e. The van der Waals surface area contributed by atoms with Gasteiger partial charge in [0.2, 0.25) is 0 Å². The lowest BCUT2D eigenvalue weighted by atomic mass is 10.1. The first-order chi connectivity index (χ1) is 10.4. The van der Waals surface area contributed by atoms with E-state index in [1.165, 1.54) is 6.07 Å². The highest BCUT2D eigenvalue weighted by Crippen LogP contribution is 2.37. The van der Waals surface area contributed by atoms with Gasteiger partial charge in [0.1, 0.15) is 11.1 Å². The van der Waals surface area contributed by atoms with Crippen molar-refractivity contribution >= 4 is 17.3 Å². The average molecular weight is 302 g/mol. The number of ether oxygens (including phenoxy) is 1. The van der Waals surface area contributed by atoms with Gasteiger partial charge in [-0.2, -0.15) is 5.10 Å². The Kier molecular flexibility index (Phi) is 3.09. The van der Waals surface area contributed by atoms with Gasteiger partial charge in [0.25, 0.3) is 5.71 Å². The zero-order chi connectivity index (χ0) is 16.0. The Morgan fingerprint density at radius 1 is 1.36 bits per heavy atom. The highest BCUT2D eigenvalue weighted by molar-refractivity contribution is 5.96. The topological polar surface area (TPSA) is 103 Å². The molecule has 0 bridgehead atoms. The lowest BCUT2D eigenvalue weighted by molar-refractivity contribution is 0.145. The second-order valence-electron chi connectivity index (χ2n) is 5.01. The monoisotopic (exact) mass is 302 g/mol. The van der Waals surface area contributed by atoms with Gasteiger partial charge in [-0.1, -0.05) is 5.16 Å². The standard InChI is InChI=1S/C14H14N4O4/c1-6-5-9(21-14(19)20)11-12(17-22-13(11)15-6)10-7(2)16-18(4)8(10)3/h5H,1-4H3,(H,19,20).